The molecule has 3 aromatic rings. The van der Waals surface area contributed by atoms with Crippen LogP contribution >= 0.6 is 0 Å². The van der Waals surface area contributed by atoms with Crippen LogP contribution < -0.4 is 0 Å². The van der Waals surface area contributed by atoms with Gasteiger partial charge in [0.1, 0.15) is 5.65 Å². The third kappa shape index (κ3) is 1.80. The summed E-state index contributed by atoms with van der Waals surface area (Å²) in [4.78, 5) is 4.76. The van der Waals surface area contributed by atoms with E-state index in [4.69, 9.17) is 4.98 Å². The molecule has 2 heterocycles. The smallest absolute Gasteiger partial charge is 0.137 e. The van der Waals surface area contributed by atoms with Crippen LogP contribution in [0.25, 0.3) is 16.9 Å². The molecule has 0 saturated carbocycles. The first-order valence-electron chi connectivity index (χ1n) is 6.41. The lowest BCUT2D eigenvalue weighted by atomic mass is 10.1. The van der Waals surface area contributed by atoms with Gasteiger partial charge < -0.3 is 4.40 Å². The monoisotopic (exact) mass is 236 g/mol. The van der Waals surface area contributed by atoms with E-state index in [-0.39, 0.29) is 0 Å². The Labute approximate surface area is 107 Å². The van der Waals surface area contributed by atoms with Crippen LogP contribution in [0.5, 0.6) is 0 Å². The first kappa shape index (κ1) is 11.0. The highest BCUT2D eigenvalue weighted by Crippen LogP contribution is 2.25. The molecule has 0 N–H and O–H groups in total. The molecule has 2 nitrogen and oxygen atoms in total. The van der Waals surface area contributed by atoms with Crippen molar-refractivity contribution in [2.24, 2.45) is 0 Å². The van der Waals surface area contributed by atoms with Crippen LogP contribution in [0, 0.1) is 0 Å². The number of benzene rings is 1. The summed E-state index contributed by atoms with van der Waals surface area (Å²) in [6.45, 7) is 2.21. The molecule has 0 aliphatic carbocycles. The Balaban J connectivity index is 2.25. The minimum absolute atomic E-state index is 1.03. The number of aromatic nitrogens is 2. The van der Waals surface area contributed by atoms with Gasteiger partial charge in [-0.05, 0) is 18.6 Å². The van der Waals surface area contributed by atoms with Gasteiger partial charge in [0.25, 0.3) is 0 Å². The molecule has 0 fully saturated rings. The Morgan fingerprint density at radius 2 is 1.78 bits per heavy atom. The van der Waals surface area contributed by atoms with Gasteiger partial charge in [0, 0.05) is 11.8 Å². The predicted molar refractivity (Wildman–Crippen MR) is 74.6 cm³/mol. The van der Waals surface area contributed by atoms with E-state index >= 15 is 0 Å². The summed E-state index contributed by atoms with van der Waals surface area (Å²) in [6.07, 6.45) is 4.28. The molecule has 2 heteroatoms. The first-order chi connectivity index (χ1) is 8.90. The number of rotatable bonds is 3. The van der Waals surface area contributed by atoms with Crippen LogP contribution in [0.3, 0.4) is 0 Å². The summed E-state index contributed by atoms with van der Waals surface area (Å²) in [7, 11) is 0. The zero-order valence-corrected chi connectivity index (χ0v) is 10.5. The summed E-state index contributed by atoms with van der Waals surface area (Å²) in [5.41, 5.74) is 4.65. The highest BCUT2D eigenvalue weighted by Gasteiger charge is 2.12. The number of nitrogens with zero attached hydrogens (tertiary/aromatic N) is 2. The first-order valence-corrected chi connectivity index (χ1v) is 6.41. The van der Waals surface area contributed by atoms with Crippen molar-refractivity contribution in [3.05, 3.63) is 60.4 Å². The Hall–Kier alpha value is -2.09. The molecule has 18 heavy (non-hydrogen) atoms. The quantitative estimate of drug-likeness (QED) is 0.673. The Bertz CT molecular complexity index is 653. The fraction of sp³-hybridized carbons (Fsp3) is 0.188. The van der Waals surface area contributed by atoms with Gasteiger partial charge in [0.2, 0.25) is 0 Å². The van der Waals surface area contributed by atoms with Gasteiger partial charge in [-0.2, -0.15) is 0 Å². The van der Waals surface area contributed by atoms with Crippen molar-refractivity contribution >= 4 is 5.65 Å². The van der Waals surface area contributed by atoms with E-state index in [2.05, 4.69) is 53.9 Å². The van der Waals surface area contributed by atoms with E-state index in [1.165, 1.54) is 11.3 Å². The number of pyridine rings is 1. The lowest BCUT2D eigenvalue weighted by Gasteiger charge is -2.03. The van der Waals surface area contributed by atoms with Crippen molar-refractivity contribution in [2.45, 2.75) is 19.8 Å². The lowest BCUT2D eigenvalue weighted by Crippen LogP contribution is -1.93. The second-order valence-corrected chi connectivity index (χ2v) is 4.45. The minimum Gasteiger partial charge on any atom is -0.303 e. The summed E-state index contributed by atoms with van der Waals surface area (Å²) in [5, 5.41) is 0. The van der Waals surface area contributed by atoms with Gasteiger partial charge in [0.15, 0.2) is 0 Å². The molecule has 0 aliphatic rings. The third-order valence-corrected chi connectivity index (χ3v) is 3.16. The average molecular weight is 236 g/mol. The Morgan fingerprint density at radius 1 is 1.00 bits per heavy atom. The molecule has 0 bridgehead atoms. The largest absolute Gasteiger partial charge is 0.303 e. The van der Waals surface area contributed by atoms with Crippen molar-refractivity contribution in [3.63, 3.8) is 0 Å². The summed E-state index contributed by atoms with van der Waals surface area (Å²) in [5.74, 6) is 0. The second-order valence-electron chi connectivity index (χ2n) is 4.45. The van der Waals surface area contributed by atoms with Crippen molar-refractivity contribution in [1.29, 1.82) is 0 Å². The lowest BCUT2D eigenvalue weighted by molar-refractivity contribution is 0.870. The maximum Gasteiger partial charge on any atom is 0.137 e. The molecule has 0 aliphatic heterocycles. The normalized spacial score (nSPS) is 10.9. The molecular formula is C16H16N2. The van der Waals surface area contributed by atoms with Gasteiger partial charge in [-0.1, -0.05) is 49.7 Å². The van der Waals surface area contributed by atoms with E-state index in [0.29, 0.717) is 0 Å². The number of imidazole rings is 1. The zero-order valence-electron chi connectivity index (χ0n) is 10.5. The number of aryl methyl sites for hydroxylation is 1. The maximum absolute atomic E-state index is 4.76. The van der Waals surface area contributed by atoms with Crippen LogP contribution in [0.2, 0.25) is 0 Å². The Morgan fingerprint density at radius 3 is 2.56 bits per heavy atom. The highest BCUT2D eigenvalue weighted by atomic mass is 15.0. The Kier molecular flexibility index (Phi) is 2.85. The van der Waals surface area contributed by atoms with Gasteiger partial charge in [-0.3, -0.25) is 0 Å². The molecule has 90 valence electrons. The second kappa shape index (κ2) is 4.65. The van der Waals surface area contributed by atoms with Gasteiger partial charge in [0.05, 0.1) is 11.4 Å². The van der Waals surface area contributed by atoms with E-state index in [1.807, 2.05) is 12.1 Å². The van der Waals surface area contributed by atoms with E-state index in [9.17, 15) is 0 Å². The topological polar surface area (TPSA) is 17.3 Å². The van der Waals surface area contributed by atoms with Crippen LogP contribution in [0.15, 0.2) is 54.7 Å². The van der Waals surface area contributed by atoms with E-state index in [0.717, 1.165) is 24.2 Å². The molecule has 0 unspecified atom stereocenters. The summed E-state index contributed by atoms with van der Waals surface area (Å²) in [6, 6.07) is 16.6. The SMILES string of the molecule is CCCc1c(-c2ccccc2)nc2ccccn12. The molecule has 3 rings (SSSR count). The number of fused-ring (bicyclic) bond motifs is 1. The van der Waals surface area contributed by atoms with Crippen molar-refractivity contribution in [3.8, 4) is 11.3 Å². The van der Waals surface area contributed by atoms with Crippen molar-refractivity contribution in [1.82, 2.24) is 9.38 Å². The highest BCUT2D eigenvalue weighted by molar-refractivity contribution is 5.66. The van der Waals surface area contributed by atoms with E-state index in [1.54, 1.807) is 0 Å². The maximum atomic E-state index is 4.76. The van der Waals surface area contributed by atoms with Crippen molar-refractivity contribution in [2.75, 3.05) is 0 Å². The fourth-order valence-corrected chi connectivity index (χ4v) is 2.35. The van der Waals surface area contributed by atoms with Crippen LogP contribution in [-0.4, -0.2) is 9.38 Å². The average Bonchev–Trinajstić information content (AvgIpc) is 2.80. The van der Waals surface area contributed by atoms with Crippen LogP contribution in [-0.2, 0) is 6.42 Å². The van der Waals surface area contributed by atoms with Crippen LogP contribution in [0.1, 0.15) is 19.0 Å². The zero-order chi connectivity index (χ0) is 12.4. The predicted octanol–water partition coefficient (Wildman–Crippen LogP) is 3.95. The molecule has 2 aromatic heterocycles. The van der Waals surface area contributed by atoms with Crippen molar-refractivity contribution < 1.29 is 0 Å². The molecule has 0 atom stereocenters. The molecule has 0 spiro atoms. The fourth-order valence-electron chi connectivity index (χ4n) is 2.35. The summed E-state index contributed by atoms with van der Waals surface area (Å²) < 4.78 is 2.20. The molecule has 0 radical (unpaired) electrons. The van der Waals surface area contributed by atoms with Crippen LogP contribution in [0.4, 0.5) is 0 Å². The third-order valence-electron chi connectivity index (χ3n) is 3.16. The molecular weight excluding hydrogens is 220 g/mol. The molecule has 0 saturated heterocycles. The van der Waals surface area contributed by atoms with Gasteiger partial charge in [-0.25, -0.2) is 4.98 Å². The molecule has 1 aromatic carbocycles. The number of hydrogen-bond acceptors (Lipinski definition) is 1. The van der Waals surface area contributed by atoms with Gasteiger partial charge >= 0.3 is 0 Å². The minimum atomic E-state index is 1.03. The summed E-state index contributed by atoms with van der Waals surface area (Å²) >= 11 is 0. The standard InChI is InChI=1S/C16H16N2/c1-2-8-14-16(13-9-4-3-5-10-13)17-15-11-6-7-12-18(14)15/h3-7,9-12H,2,8H2,1H3. The van der Waals surface area contributed by atoms with Gasteiger partial charge in [-0.15, -0.1) is 0 Å². The molecule has 0 amide bonds. The number of hydrogen-bond donors (Lipinski definition) is 0. The van der Waals surface area contributed by atoms with E-state index < -0.39 is 0 Å².